The van der Waals surface area contributed by atoms with Gasteiger partial charge in [0.1, 0.15) is 0 Å². The van der Waals surface area contributed by atoms with Gasteiger partial charge in [0.15, 0.2) is 15.9 Å². The molecule has 2 aromatic rings. The van der Waals surface area contributed by atoms with Crippen molar-refractivity contribution in [3.05, 3.63) is 63.1 Å². The van der Waals surface area contributed by atoms with Crippen LogP contribution in [0, 0.1) is 6.92 Å². The molecule has 2 unspecified atom stereocenters. The summed E-state index contributed by atoms with van der Waals surface area (Å²) in [6.45, 7) is 4.82. The minimum absolute atomic E-state index is 0.00171. The van der Waals surface area contributed by atoms with Crippen LogP contribution in [0.1, 0.15) is 41.4 Å². The predicted octanol–water partition coefficient (Wildman–Crippen LogP) is 4.13. The fourth-order valence-electron chi connectivity index (χ4n) is 2.59. The van der Waals surface area contributed by atoms with Crippen LogP contribution in [0.4, 0.5) is 0 Å². The smallest absolute Gasteiger partial charge is 0.339 e. The highest BCUT2D eigenvalue weighted by atomic mass is 35.5. The molecule has 29 heavy (non-hydrogen) atoms. The lowest BCUT2D eigenvalue weighted by Crippen LogP contribution is -2.37. The third-order valence-electron chi connectivity index (χ3n) is 4.30. The Kier molecular flexibility index (Phi) is 7.32. The summed E-state index contributed by atoms with van der Waals surface area (Å²) in [5, 5.41) is 3.61. The lowest BCUT2D eigenvalue weighted by molar-refractivity contribution is -0.129. The molecule has 0 aliphatic heterocycles. The maximum Gasteiger partial charge on any atom is 0.339 e. The minimum Gasteiger partial charge on any atom is -0.449 e. The lowest BCUT2D eigenvalue weighted by atomic mass is 10.1. The van der Waals surface area contributed by atoms with Crippen molar-refractivity contribution in [2.45, 2.75) is 37.8 Å². The Hall–Kier alpha value is -2.09. The monoisotopic (exact) mass is 457 g/mol. The number of rotatable bonds is 6. The van der Waals surface area contributed by atoms with Crippen LogP contribution in [0.3, 0.4) is 0 Å². The van der Waals surface area contributed by atoms with E-state index in [1.165, 1.54) is 25.1 Å². The second-order valence-corrected chi connectivity index (χ2v) is 9.55. The number of esters is 1. The number of ether oxygens (including phenoxy) is 1. The molecule has 0 aliphatic carbocycles. The summed E-state index contributed by atoms with van der Waals surface area (Å²) in [7, 11) is -3.48. The van der Waals surface area contributed by atoms with Crippen molar-refractivity contribution in [3.8, 4) is 0 Å². The number of amides is 1. The number of halogens is 2. The van der Waals surface area contributed by atoms with E-state index >= 15 is 0 Å². The van der Waals surface area contributed by atoms with E-state index in [9.17, 15) is 18.0 Å². The standard InChI is InChI=1S/C20H21Cl2NO5S/c1-11-5-7-15(29(4,26)27)10-17(11)20(25)28-13(3)19(24)23-12(2)16-8-6-14(21)9-18(16)22/h5-10,12-13H,1-4H3,(H,23,24). The van der Waals surface area contributed by atoms with E-state index in [2.05, 4.69) is 5.32 Å². The zero-order chi connectivity index (χ0) is 21.9. The van der Waals surface area contributed by atoms with E-state index < -0.39 is 33.9 Å². The SMILES string of the molecule is Cc1ccc(S(C)(=O)=O)cc1C(=O)OC(C)C(=O)NC(C)c1ccc(Cl)cc1Cl. The first kappa shape index (κ1) is 23.2. The van der Waals surface area contributed by atoms with Gasteiger partial charge >= 0.3 is 5.97 Å². The summed E-state index contributed by atoms with van der Waals surface area (Å²) in [4.78, 5) is 24.9. The summed E-state index contributed by atoms with van der Waals surface area (Å²) >= 11 is 12.0. The fraction of sp³-hybridized carbons (Fsp3) is 0.300. The number of carbonyl (C=O) groups is 2. The van der Waals surface area contributed by atoms with E-state index in [0.29, 0.717) is 21.2 Å². The number of sulfone groups is 1. The highest BCUT2D eigenvalue weighted by Gasteiger charge is 2.23. The van der Waals surface area contributed by atoms with E-state index in [1.807, 2.05) is 0 Å². The summed E-state index contributed by atoms with van der Waals surface area (Å²) in [5.74, 6) is -1.30. The van der Waals surface area contributed by atoms with Crippen LogP contribution in [-0.4, -0.2) is 32.7 Å². The average molecular weight is 458 g/mol. The van der Waals surface area contributed by atoms with Gasteiger partial charge in [0.2, 0.25) is 0 Å². The molecular weight excluding hydrogens is 437 g/mol. The molecular formula is C20H21Cl2NO5S. The Balaban J connectivity index is 2.10. The van der Waals surface area contributed by atoms with Crippen molar-refractivity contribution in [2.75, 3.05) is 6.26 Å². The van der Waals surface area contributed by atoms with E-state index in [1.54, 1.807) is 32.0 Å². The molecule has 0 aromatic heterocycles. The highest BCUT2D eigenvalue weighted by molar-refractivity contribution is 7.90. The molecule has 1 N–H and O–H groups in total. The zero-order valence-corrected chi connectivity index (χ0v) is 18.7. The van der Waals surface area contributed by atoms with Crippen LogP contribution in [-0.2, 0) is 19.4 Å². The number of benzene rings is 2. The molecule has 0 bridgehead atoms. The van der Waals surface area contributed by atoms with Crippen molar-refractivity contribution in [1.29, 1.82) is 0 Å². The van der Waals surface area contributed by atoms with Gasteiger partial charge in [-0.1, -0.05) is 35.3 Å². The summed E-state index contributed by atoms with van der Waals surface area (Å²) < 4.78 is 28.7. The third-order valence-corrected chi connectivity index (χ3v) is 5.97. The van der Waals surface area contributed by atoms with Crippen molar-refractivity contribution < 1.29 is 22.7 Å². The Morgan fingerprint density at radius 3 is 2.31 bits per heavy atom. The van der Waals surface area contributed by atoms with Crippen LogP contribution in [0.25, 0.3) is 0 Å². The maximum absolute atomic E-state index is 12.5. The molecule has 0 heterocycles. The topological polar surface area (TPSA) is 89.5 Å². The van der Waals surface area contributed by atoms with Gasteiger partial charge in [-0.15, -0.1) is 0 Å². The van der Waals surface area contributed by atoms with Gasteiger partial charge in [-0.25, -0.2) is 13.2 Å². The average Bonchev–Trinajstić information content (AvgIpc) is 2.60. The number of nitrogens with one attached hydrogen (secondary N) is 1. The maximum atomic E-state index is 12.5. The van der Waals surface area contributed by atoms with Gasteiger partial charge in [-0.3, -0.25) is 4.79 Å². The molecule has 2 aromatic carbocycles. The molecule has 0 radical (unpaired) electrons. The summed E-state index contributed by atoms with van der Waals surface area (Å²) in [6, 6.07) is 8.66. The predicted molar refractivity (Wildman–Crippen MR) is 112 cm³/mol. The number of hydrogen-bond acceptors (Lipinski definition) is 5. The molecule has 2 atom stereocenters. The third kappa shape index (κ3) is 5.95. The Bertz CT molecular complexity index is 1050. The second-order valence-electron chi connectivity index (χ2n) is 6.69. The molecule has 0 saturated heterocycles. The van der Waals surface area contributed by atoms with Gasteiger partial charge in [-0.2, -0.15) is 0 Å². The normalized spacial score (nSPS) is 13.4. The van der Waals surface area contributed by atoms with Gasteiger partial charge in [0.05, 0.1) is 16.5 Å². The van der Waals surface area contributed by atoms with Crippen molar-refractivity contribution >= 4 is 44.9 Å². The molecule has 6 nitrogen and oxygen atoms in total. The molecule has 0 saturated carbocycles. The van der Waals surface area contributed by atoms with Crippen LogP contribution >= 0.6 is 23.2 Å². The molecule has 0 aliphatic rings. The van der Waals surface area contributed by atoms with E-state index in [4.69, 9.17) is 27.9 Å². The van der Waals surface area contributed by atoms with Crippen LogP contribution in [0.2, 0.25) is 10.0 Å². The molecule has 0 fully saturated rings. The number of carbonyl (C=O) groups excluding carboxylic acids is 2. The lowest BCUT2D eigenvalue weighted by Gasteiger charge is -2.19. The van der Waals surface area contributed by atoms with Crippen LogP contribution in [0.5, 0.6) is 0 Å². The molecule has 156 valence electrons. The van der Waals surface area contributed by atoms with Crippen LogP contribution < -0.4 is 5.32 Å². The molecule has 9 heteroatoms. The number of hydrogen-bond donors (Lipinski definition) is 1. The first-order valence-electron chi connectivity index (χ1n) is 8.67. The van der Waals surface area contributed by atoms with Crippen molar-refractivity contribution in [3.63, 3.8) is 0 Å². The number of aryl methyl sites for hydroxylation is 1. The Morgan fingerprint density at radius 1 is 1.07 bits per heavy atom. The van der Waals surface area contributed by atoms with Gasteiger partial charge < -0.3 is 10.1 Å². The quantitative estimate of drug-likeness (QED) is 0.658. The fourth-order valence-corrected chi connectivity index (χ4v) is 3.81. The van der Waals surface area contributed by atoms with Gasteiger partial charge in [-0.05, 0) is 56.2 Å². The second kappa shape index (κ2) is 9.15. The molecule has 2 rings (SSSR count). The van der Waals surface area contributed by atoms with Crippen molar-refractivity contribution in [1.82, 2.24) is 5.32 Å². The van der Waals surface area contributed by atoms with Gasteiger partial charge in [0.25, 0.3) is 5.91 Å². The summed E-state index contributed by atoms with van der Waals surface area (Å²) in [6.07, 6.45) is -0.0520. The Morgan fingerprint density at radius 2 is 1.72 bits per heavy atom. The largest absolute Gasteiger partial charge is 0.449 e. The minimum atomic E-state index is -3.48. The van der Waals surface area contributed by atoms with Crippen molar-refractivity contribution in [2.24, 2.45) is 0 Å². The molecule has 1 amide bonds. The zero-order valence-electron chi connectivity index (χ0n) is 16.3. The van der Waals surface area contributed by atoms with Crippen LogP contribution in [0.15, 0.2) is 41.3 Å². The van der Waals surface area contributed by atoms with E-state index in [0.717, 1.165) is 6.26 Å². The Labute approximate surface area is 180 Å². The van der Waals surface area contributed by atoms with E-state index in [-0.39, 0.29) is 10.5 Å². The summed E-state index contributed by atoms with van der Waals surface area (Å²) in [5.41, 5.74) is 1.29. The highest BCUT2D eigenvalue weighted by Crippen LogP contribution is 2.26. The first-order valence-corrected chi connectivity index (χ1v) is 11.3. The molecule has 0 spiro atoms. The first-order chi connectivity index (χ1) is 13.4. The van der Waals surface area contributed by atoms with Gasteiger partial charge in [0, 0.05) is 16.3 Å².